The highest BCUT2D eigenvalue weighted by Crippen LogP contribution is 2.30. The molecule has 1 rings (SSSR count). The van der Waals surface area contributed by atoms with Gasteiger partial charge in [-0.1, -0.05) is 24.3 Å². The third-order valence-corrected chi connectivity index (χ3v) is 2.60. The van der Waals surface area contributed by atoms with Crippen LogP contribution in [0.5, 0.6) is 5.75 Å². The molecule has 1 aromatic carbocycles. The monoisotopic (exact) mass is 260 g/mol. The van der Waals surface area contributed by atoms with Crippen LogP contribution in [0.25, 0.3) is 0 Å². The smallest absolute Gasteiger partial charge is 0.134 e. The van der Waals surface area contributed by atoms with Gasteiger partial charge in [-0.05, 0) is 40.5 Å². The molecule has 0 unspecified atom stereocenters. The second-order valence-electron chi connectivity index (χ2n) is 2.63. The van der Waals surface area contributed by atoms with Crippen molar-refractivity contribution < 1.29 is 4.74 Å². The Bertz CT molecular complexity index is 323. The van der Waals surface area contributed by atoms with Crippen molar-refractivity contribution in [3.63, 3.8) is 0 Å². The van der Waals surface area contributed by atoms with Crippen molar-refractivity contribution in [1.82, 2.24) is 0 Å². The van der Waals surface area contributed by atoms with Crippen LogP contribution in [0.1, 0.15) is 5.56 Å². The zero-order valence-electron chi connectivity index (χ0n) is 7.31. The molecule has 0 saturated heterocycles. The molecule has 70 valence electrons. The molecule has 13 heavy (non-hydrogen) atoms. The predicted molar refractivity (Wildman–Crippen MR) is 59.6 cm³/mol. The molecule has 0 spiro atoms. The van der Waals surface area contributed by atoms with Crippen LogP contribution in [0, 0.1) is 6.92 Å². The van der Waals surface area contributed by atoms with Crippen LogP contribution < -0.4 is 4.74 Å². The summed E-state index contributed by atoms with van der Waals surface area (Å²) in [4.78, 5) is 0. The molecular formula is C10H10BrClO. The van der Waals surface area contributed by atoms with Crippen molar-refractivity contribution in [3.8, 4) is 5.75 Å². The Kier molecular flexibility index (Phi) is 3.82. The summed E-state index contributed by atoms with van der Waals surface area (Å²) in [5, 5.41) is 0.734. The highest BCUT2D eigenvalue weighted by Gasteiger charge is 2.04. The third kappa shape index (κ3) is 2.75. The summed E-state index contributed by atoms with van der Waals surface area (Å²) in [6, 6.07) is 3.73. The van der Waals surface area contributed by atoms with Gasteiger partial charge in [0.2, 0.25) is 0 Å². The van der Waals surface area contributed by atoms with E-state index in [1.807, 2.05) is 19.1 Å². The topological polar surface area (TPSA) is 9.23 Å². The van der Waals surface area contributed by atoms with Gasteiger partial charge in [-0.3, -0.25) is 0 Å². The van der Waals surface area contributed by atoms with E-state index in [4.69, 9.17) is 16.3 Å². The number of ether oxygens (including phenoxy) is 1. The first-order valence-corrected chi connectivity index (χ1v) is 5.01. The lowest BCUT2D eigenvalue weighted by atomic mass is 10.2. The second-order valence-corrected chi connectivity index (χ2v) is 3.89. The maximum Gasteiger partial charge on any atom is 0.134 e. The molecule has 0 radical (unpaired) electrons. The van der Waals surface area contributed by atoms with Crippen LogP contribution in [-0.4, -0.2) is 6.61 Å². The molecule has 0 saturated carbocycles. The molecule has 0 heterocycles. The molecule has 0 aliphatic rings. The number of hydrogen-bond donors (Lipinski definition) is 0. The number of rotatable bonds is 3. The Morgan fingerprint density at radius 1 is 1.62 bits per heavy atom. The van der Waals surface area contributed by atoms with E-state index in [-0.39, 0.29) is 0 Å². The summed E-state index contributed by atoms with van der Waals surface area (Å²) >= 11 is 9.28. The van der Waals surface area contributed by atoms with E-state index < -0.39 is 0 Å². The average Bonchev–Trinajstić information content (AvgIpc) is 2.09. The molecule has 0 aliphatic carbocycles. The zero-order chi connectivity index (χ0) is 9.84. The van der Waals surface area contributed by atoms with Crippen LogP contribution in [0.4, 0.5) is 0 Å². The summed E-state index contributed by atoms with van der Waals surface area (Å²) in [5.74, 6) is 0.793. The van der Waals surface area contributed by atoms with Crippen LogP contribution in [0.3, 0.4) is 0 Å². The summed E-state index contributed by atoms with van der Waals surface area (Å²) in [6.07, 6.45) is 1.70. The van der Waals surface area contributed by atoms with Gasteiger partial charge < -0.3 is 4.74 Å². The van der Waals surface area contributed by atoms with Crippen molar-refractivity contribution in [2.75, 3.05) is 6.61 Å². The first-order valence-electron chi connectivity index (χ1n) is 3.84. The van der Waals surface area contributed by atoms with Gasteiger partial charge in [0.05, 0.1) is 4.47 Å². The lowest BCUT2D eigenvalue weighted by Gasteiger charge is -2.07. The van der Waals surface area contributed by atoms with E-state index >= 15 is 0 Å². The number of halogens is 2. The predicted octanol–water partition coefficient (Wildman–Crippen LogP) is 3.98. The van der Waals surface area contributed by atoms with Crippen molar-refractivity contribution >= 4 is 27.5 Å². The number of benzene rings is 1. The summed E-state index contributed by atoms with van der Waals surface area (Å²) in [7, 11) is 0. The van der Waals surface area contributed by atoms with Gasteiger partial charge >= 0.3 is 0 Å². The Morgan fingerprint density at radius 2 is 2.31 bits per heavy atom. The molecule has 0 aliphatic heterocycles. The van der Waals surface area contributed by atoms with Gasteiger partial charge in [0.15, 0.2) is 0 Å². The second kappa shape index (κ2) is 4.68. The van der Waals surface area contributed by atoms with Crippen LogP contribution >= 0.6 is 27.5 Å². The molecule has 1 aromatic rings. The fourth-order valence-corrected chi connectivity index (χ4v) is 1.64. The highest BCUT2D eigenvalue weighted by atomic mass is 79.9. The molecule has 0 aromatic heterocycles. The largest absolute Gasteiger partial charge is 0.488 e. The Labute approximate surface area is 91.5 Å². The van der Waals surface area contributed by atoms with Crippen LogP contribution in [0.15, 0.2) is 29.3 Å². The lowest BCUT2D eigenvalue weighted by molar-refractivity contribution is 0.360. The number of hydrogen-bond acceptors (Lipinski definition) is 1. The normalized spacial score (nSPS) is 9.77. The van der Waals surface area contributed by atoms with Gasteiger partial charge in [0.1, 0.15) is 12.4 Å². The average molecular weight is 262 g/mol. The molecule has 0 amide bonds. The molecule has 1 nitrogen and oxygen atoms in total. The van der Waals surface area contributed by atoms with E-state index in [1.54, 1.807) is 6.08 Å². The summed E-state index contributed by atoms with van der Waals surface area (Å²) in [5.41, 5.74) is 1.00. The van der Waals surface area contributed by atoms with E-state index in [1.165, 1.54) is 0 Å². The first-order chi connectivity index (χ1) is 6.15. The fourth-order valence-electron chi connectivity index (χ4n) is 0.890. The quantitative estimate of drug-likeness (QED) is 0.748. The highest BCUT2D eigenvalue weighted by molar-refractivity contribution is 9.10. The molecule has 0 fully saturated rings. The minimum absolute atomic E-state index is 0.500. The minimum atomic E-state index is 0.500. The van der Waals surface area contributed by atoms with Gasteiger partial charge in [-0.15, -0.1) is 0 Å². The van der Waals surface area contributed by atoms with E-state index in [9.17, 15) is 0 Å². The lowest BCUT2D eigenvalue weighted by Crippen LogP contribution is -1.94. The van der Waals surface area contributed by atoms with E-state index in [0.717, 1.165) is 20.8 Å². The minimum Gasteiger partial charge on any atom is -0.488 e. The van der Waals surface area contributed by atoms with E-state index in [0.29, 0.717) is 6.61 Å². The Hall–Kier alpha value is -0.470. The third-order valence-electron chi connectivity index (χ3n) is 1.57. The van der Waals surface area contributed by atoms with Gasteiger partial charge in [0, 0.05) is 5.02 Å². The Morgan fingerprint density at radius 3 is 2.92 bits per heavy atom. The maximum absolute atomic E-state index is 5.91. The van der Waals surface area contributed by atoms with Gasteiger partial charge in [-0.2, -0.15) is 0 Å². The SMILES string of the molecule is C=CCOc1cc(C)c(Cl)cc1Br. The number of aryl methyl sites for hydroxylation is 1. The van der Waals surface area contributed by atoms with Gasteiger partial charge in [0.25, 0.3) is 0 Å². The standard InChI is InChI=1S/C10H10BrClO/c1-3-4-13-10-5-7(2)9(12)6-8(10)11/h3,5-6H,1,4H2,2H3. The summed E-state index contributed by atoms with van der Waals surface area (Å²) < 4.78 is 6.26. The molecular weight excluding hydrogens is 251 g/mol. The first kappa shape index (κ1) is 10.6. The molecule has 0 atom stereocenters. The van der Waals surface area contributed by atoms with Crippen molar-refractivity contribution in [3.05, 3.63) is 39.8 Å². The van der Waals surface area contributed by atoms with Crippen molar-refractivity contribution in [2.45, 2.75) is 6.92 Å². The van der Waals surface area contributed by atoms with Crippen LogP contribution in [-0.2, 0) is 0 Å². The molecule has 0 bridgehead atoms. The fraction of sp³-hybridized carbons (Fsp3) is 0.200. The zero-order valence-corrected chi connectivity index (χ0v) is 9.65. The summed E-state index contributed by atoms with van der Waals surface area (Å²) in [6.45, 7) is 6.02. The van der Waals surface area contributed by atoms with Crippen molar-refractivity contribution in [2.24, 2.45) is 0 Å². The van der Waals surface area contributed by atoms with Crippen LogP contribution in [0.2, 0.25) is 5.02 Å². The maximum atomic E-state index is 5.91. The van der Waals surface area contributed by atoms with E-state index in [2.05, 4.69) is 22.5 Å². The Balaban J connectivity index is 2.94. The molecule has 3 heteroatoms. The van der Waals surface area contributed by atoms with Gasteiger partial charge in [-0.25, -0.2) is 0 Å². The molecule has 0 N–H and O–H groups in total. The van der Waals surface area contributed by atoms with Crippen molar-refractivity contribution in [1.29, 1.82) is 0 Å².